The van der Waals surface area contributed by atoms with Crippen LogP contribution in [0.3, 0.4) is 0 Å². The summed E-state index contributed by atoms with van der Waals surface area (Å²) in [5.74, 6) is 0.711. The van der Waals surface area contributed by atoms with Crippen molar-refractivity contribution in [2.75, 3.05) is 0 Å². The summed E-state index contributed by atoms with van der Waals surface area (Å²) in [6.45, 7) is 4.69. The van der Waals surface area contributed by atoms with E-state index < -0.39 is 0 Å². The third-order valence-corrected chi connectivity index (χ3v) is 9.77. The molecule has 3 nitrogen and oxygen atoms in total. The van der Waals surface area contributed by atoms with E-state index in [1.165, 1.54) is 43.8 Å². The number of aromatic nitrogens is 3. The maximum absolute atomic E-state index is 5.16. The van der Waals surface area contributed by atoms with Crippen molar-refractivity contribution in [2.45, 2.75) is 19.3 Å². The van der Waals surface area contributed by atoms with Crippen LogP contribution >= 0.6 is 0 Å². The summed E-state index contributed by atoms with van der Waals surface area (Å²) in [6, 6.07) is 49.9. The van der Waals surface area contributed by atoms with Crippen LogP contribution in [0.4, 0.5) is 0 Å². The Bertz CT molecular complexity index is 2480. The first-order valence-corrected chi connectivity index (χ1v) is 16.1. The van der Waals surface area contributed by atoms with Gasteiger partial charge in [-0.3, -0.25) is 4.98 Å². The number of rotatable bonds is 4. The van der Waals surface area contributed by atoms with Crippen molar-refractivity contribution in [1.82, 2.24) is 15.0 Å². The number of benzene rings is 6. The molecular weight excluding hydrogens is 571 g/mol. The van der Waals surface area contributed by atoms with Gasteiger partial charge < -0.3 is 0 Å². The van der Waals surface area contributed by atoms with Crippen molar-refractivity contribution in [1.29, 1.82) is 0 Å². The average molecular weight is 602 g/mol. The molecule has 9 rings (SSSR count). The number of hydrogen-bond donors (Lipinski definition) is 0. The highest BCUT2D eigenvalue weighted by Gasteiger charge is 2.35. The first-order valence-electron chi connectivity index (χ1n) is 16.1. The molecule has 1 aliphatic carbocycles. The van der Waals surface area contributed by atoms with E-state index in [0.29, 0.717) is 5.82 Å². The van der Waals surface area contributed by atoms with Crippen molar-refractivity contribution in [2.24, 2.45) is 0 Å². The number of nitrogens with zero attached hydrogens (tertiary/aromatic N) is 3. The van der Waals surface area contributed by atoms with E-state index in [4.69, 9.17) is 9.97 Å². The summed E-state index contributed by atoms with van der Waals surface area (Å²) in [7, 11) is 0. The second-order valence-corrected chi connectivity index (χ2v) is 12.9. The highest BCUT2D eigenvalue weighted by Crippen LogP contribution is 2.50. The highest BCUT2D eigenvalue weighted by molar-refractivity contribution is 6.10. The first-order chi connectivity index (χ1) is 23.0. The monoisotopic (exact) mass is 601 g/mol. The van der Waals surface area contributed by atoms with E-state index in [1.807, 2.05) is 42.7 Å². The Morgan fingerprint density at radius 2 is 1.09 bits per heavy atom. The van der Waals surface area contributed by atoms with E-state index in [-0.39, 0.29) is 5.41 Å². The van der Waals surface area contributed by atoms with Gasteiger partial charge in [-0.15, -0.1) is 0 Å². The van der Waals surface area contributed by atoms with Gasteiger partial charge in [0.2, 0.25) is 0 Å². The largest absolute Gasteiger partial charge is 0.265 e. The van der Waals surface area contributed by atoms with Crippen LogP contribution in [-0.4, -0.2) is 15.0 Å². The van der Waals surface area contributed by atoms with Gasteiger partial charge in [0.1, 0.15) is 0 Å². The highest BCUT2D eigenvalue weighted by atomic mass is 14.9. The minimum Gasteiger partial charge on any atom is -0.265 e. The SMILES string of the molecule is CC1(C)c2ccccc2-c2cc3ccc4ccc(-c5cc(-c6cccc(-c7ccncc7)c6)nc(-c6ccccc6)n5)cc4c3cc21. The third-order valence-electron chi connectivity index (χ3n) is 9.77. The van der Waals surface area contributed by atoms with Gasteiger partial charge in [-0.05, 0) is 97.4 Å². The second kappa shape index (κ2) is 10.6. The van der Waals surface area contributed by atoms with Gasteiger partial charge >= 0.3 is 0 Å². The smallest absolute Gasteiger partial charge is 0.160 e. The van der Waals surface area contributed by atoms with Crippen LogP contribution < -0.4 is 0 Å². The van der Waals surface area contributed by atoms with Gasteiger partial charge in [0.25, 0.3) is 0 Å². The zero-order valence-electron chi connectivity index (χ0n) is 26.3. The first kappa shape index (κ1) is 27.4. The van der Waals surface area contributed by atoms with Crippen molar-refractivity contribution in [3.63, 3.8) is 0 Å². The van der Waals surface area contributed by atoms with Crippen molar-refractivity contribution >= 4 is 21.5 Å². The molecule has 0 saturated heterocycles. The average Bonchev–Trinajstić information content (AvgIpc) is 3.36. The summed E-state index contributed by atoms with van der Waals surface area (Å²) >= 11 is 0. The minimum absolute atomic E-state index is 0.0587. The lowest BCUT2D eigenvalue weighted by Gasteiger charge is -2.22. The molecule has 8 aromatic rings. The van der Waals surface area contributed by atoms with Gasteiger partial charge in [0, 0.05) is 34.5 Å². The van der Waals surface area contributed by atoms with Gasteiger partial charge in [0.05, 0.1) is 11.4 Å². The van der Waals surface area contributed by atoms with Crippen molar-refractivity contribution in [3.8, 4) is 56.2 Å². The summed E-state index contributed by atoms with van der Waals surface area (Å²) in [5.41, 5.74) is 12.5. The fraction of sp³-hybridized carbons (Fsp3) is 0.0682. The molecule has 0 spiro atoms. The van der Waals surface area contributed by atoms with E-state index in [9.17, 15) is 0 Å². The molecule has 6 aromatic carbocycles. The Morgan fingerprint density at radius 1 is 0.426 bits per heavy atom. The lowest BCUT2D eigenvalue weighted by Crippen LogP contribution is -2.14. The van der Waals surface area contributed by atoms with Gasteiger partial charge in [-0.1, -0.05) is 111 Å². The Labute approximate surface area is 274 Å². The Morgan fingerprint density at radius 3 is 1.91 bits per heavy atom. The zero-order valence-corrected chi connectivity index (χ0v) is 26.3. The molecule has 0 atom stereocenters. The van der Waals surface area contributed by atoms with Crippen LogP contribution in [0.25, 0.3) is 77.7 Å². The standard InChI is InChI=1S/C44H31N3/c1-44(2)39-14-7-6-13-35(39)38-24-32-17-15-29-16-18-34(25-36(29)37(32)26-40(38)44)42-27-41(46-43(47-42)30-9-4-3-5-10-30)33-12-8-11-31(23-33)28-19-21-45-22-20-28/h3-27H,1-2H3. The summed E-state index contributed by atoms with van der Waals surface area (Å²) in [6.07, 6.45) is 3.66. The Balaban J connectivity index is 1.23. The third kappa shape index (κ3) is 4.54. The number of hydrogen-bond acceptors (Lipinski definition) is 3. The van der Waals surface area contributed by atoms with Crippen molar-refractivity contribution in [3.05, 3.63) is 163 Å². The van der Waals surface area contributed by atoms with Gasteiger partial charge in [-0.25, -0.2) is 9.97 Å². The quantitative estimate of drug-likeness (QED) is 0.188. The maximum atomic E-state index is 5.16. The van der Waals surface area contributed by atoms with Crippen LogP contribution in [0.2, 0.25) is 0 Å². The van der Waals surface area contributed by atoms with Crippen LogP contribution in [0.5, 0.6) is 0 Å². The molecule has 1 aliphatic rings. The molecular formula is C44H31N3. The van der Waals surface area contributed by atoms with Crippen LogP contribution in [0, 0.1) is 0 Å². The molecule has 0 aliphatic heterocycles. The topological polar surface area (TPSA) is 38.7 Å². The summed E-state index contributed by atoms with van der Waals surface area (Å²) < 4.78 is 0. The van der Waals surface area contributed by atoms with E-state index in [0.717, 1.165) is 39.2 Å². The Kier molecular flexibility index (Phi) is 6.16. The molecule has 222 valence electrons. The minimum atomic E-state index is -0.0587. The summed E-state index contributed by atoms with van der Waals surface area (Å²) in [5, 5.41) is 4.97. The van der Waals surface area contributed by atoms with Crippen LogP contribution in [-0.2, 0) is 5.41 Å². The predicted molar refractivity (Wildman–Crippen MR) is 194 cm³/mol. The fourth-order valence-corrected chi connectivity index (χ4v) is 7.27. The van der Waals surface area contributed by atoms with Gasteiger partial charge in [0.15, 0.2) is 5.82 Å². The molecule has 0 N–H and O–H groups in total. The van der Waals surface area contributed by atoms with E-state index in [1.54, 1.807) is 0 Å². The van der Waals surface area contributed by atoms with Crippen LogP contribution in [0.1, 0.15) is 25.0 Å². The molecule has 2 heterocycles. The van der Waals surface area contributed by atoms with Crippen LogP contribution in [0.15, 0.2) is 152 Å². The molecule has 0 saturated carbocycles. The molecule has 0 unspecified atom stereocenters. The maximum Gasteiger partial charge on any atom is 0.160 e. The lowest BCUT2D eigenvalue weighted by atomic mass is 9.81. The van der Waals surface area contributed by atoms with E-state index >= 15 is 0 Å². The van der Waals surface area contributed by atoms with E-state index in [2.05, 4.69) is 128 Å². The van der Waals surface area contributed by atoms with Gasteiger partial charge in [-0.2, -0.15) is 0 Å². The fourth-order valence-electron chi connectivity index (χ4n) is 7.27. The molecule has 0 bridgehead atoms. The predicted octanol–water partition coefficient (Wildman–Crippen LogP) is 11.2. The lowest BCUT2D eigenvalue weighted by molar-refractivity contribution is 0.661. The molecule has 2 aromatic heterocycles. The normalized spacial score (nSPS) is 13.1. The number of fused-ring (bicyclic) bond motifs is 6. The van der Waals surface area contributed by atoms with Crippen molar-refractivity contribution < 1.29 is 0 Å². The zero-order chi connectivity index (χ0) is 31.5. The molecule has 3 heteroatoms. The second-order valence-electron chi connectivity index (χ2n) is 12.9. The Hall–Kier alpha value is -5.93. The summed E-state index contributed by atoms with van der Waals surface area (Å²) in [4.78, 5) is 14.4. The number of pyridine rings is 1. The molecule has 47 heavy (non-hydrogen) atoms. The molecule has 0 fully saturated rings. The molecule has 0 amide bonds. The molecule has 0 radical (unpaired) electrons.